The van der Waals surface area contributed by atoms with Crippen LogP contribution in [0.1, 0.15) is 38.3 Å². The lowest BCUT2D eigenvalue weighted by atomic mass is 9.48. The molecule has 1 atom stereocenters. The van der Waals surface area contributed by atoms with Crippen molar-refractivity contribution in [1.29, 1.82) is 0 Å². The lowest BCUT2D eigenvalue weighted by molar-refractivity contribution is -0.123. The Morgan fingerprint density at radius 3 is 2.74 bits per heavy atom. The maximum Gasteiger partial charge on any atom is 0.280 e. The number of para-hydroxylation sites is 1. The van der Waals surface area contributed by atoms with Gasteiger partial charge in [0.05, 0.1) is 12.1 Å². The molecule has 2 N–H and O–H groups in total. The second kappa shape index (κ2) is 11.9. The molecular formula is C33H34BN5O4. The monoisotopic (exact) mass is 575 g/mol. The van der Waals surface area contributed by atoms with Gasteiger partial charge in [-0.1, -0.05) is 36.7 Å². The van der Waals surface area contributed by atoms with Crippen molar-refractivity contribution in [3.05, 3.63) is 77.9 Å². The summed E-state index contributed by atoms with van der Waals surface area (Å²) < 4.78 is 11.4. The normalized spacial score (nSPS) is 15.8. The van der Waals surface area contributed by atoms with Crippen molar-refractivity contribution in [1.82, 2.24) is 15.3 Å². The Labute approximate surface area is 251 Å². The minimum absolute atomic E-state index is 0.0742. The molecule has 0 aliphatic carbocycles. The van der Waals surface area contributed by atoms with Gasteiger partial charge in [-0.25, -0.2) is 9.97 Å². The fourth-order valence-electron chi connectivity index (χ4n) is 5.47. The summed E-state index contributed by atoms with van der Waals surface area (Å²) in [6.45, 7) is 5.96. The van der Waals surface area contributed by atoms with E-state index in [0.717, 1.165) is 34.1 Å². The Hall–Kier alpha value is -4.73. The second-order valence-corrected chi connectivity index (χ2v) is 12.0. The summed E-state index contributed by atoms with van der Waals surface area (Å²) in [6, 6.07) is 21.4. The number of hydrogen-bond donors (Lipinski definition) is 2. The van der Waals surface area contributed by atoms with Crippen LogP contribution in [0.3, 0.4) is 0 Å². The molecule has 3 heterocycles. The predicted molar refractivity (Wildman–Crippen MR) is 170 cm³/mol. The molecule has 3 aromatic carbocycles. The zero-order chi connectivity index (χ0) is 30.0. The maximum atomic E-state index is 12.7. The van der Waals surface area contributed by atoms with Crippen molar-refractivity contribution in [3.8, 4) is 17.1 Å². The fourth-order valence-corrected chi connectivity index (χ4v) is 5.47. The largest absolute Gasteiger partial charge is 0.484 e. The lowest BCUT2D eigenvalue weighted by Crippen LogP contribution is -2.38. The first-order chi connectivity index (χ1) is 20.7. The average Bonchev–Trinajstić information content (AvgIpc) is 3.65. The standard InChI is InChI=1S/C33H34BN5O4/c1-33(2,3)43-32(41)34-14-13-25(17-34)36-29(40)20-42-26-8-6-7-21(16-26)30-38-28-10-5-4-9-27(28)31(39-30)37-24-12-11-22-18-35-19-23(22)15-24/h4-12,15-16,19,25H,13-14,17-18,20H2,1-3H3,(H,36,40)(H,37,38,39). The number of carbonyl (C=O) groups excluding carboxylic acids is 2. The first-order valence-electron chi connectivity index (χ1n) is 14.6. The van der Waals surface area contributed by atoms with E-state index >= 15 is 0 Å². The first kappa shape index (κ1) is 28.4. The molecule has 0 spiro atoms. The van der Waals surface area contributed by atoms with Gasteiger partial charge in [0.25, 0.3) is 18.5 Å². The quantitative estimate of drug-likeness (QED) is 0.239. The molecule has 43 heavy (non-hydrogen) atoms. The maximum absolute atomic E-state index is 12.7. The van der Waals surface area contributed by atoms with E-state index in [-0.39, 0.29) is 31.1 Å². The van der Waals surface area contributed by atoms with Gasteiger partial charge >= 0.3 is 0 Å². The minimum atomic E-state index is -0.519. The third kappa shape index (κ3) is 6.85. The number of anilines is 2. The number of hydrogen-bond acceptors (Lipinski definition) is 8. The Kier molecular flexibility index (Phi) is 7.84. The molecule has 6 rings (SSSR count). The van der Waals surface area contributed by atoms with Crippen LogP contribution in [0.4, 0.5) is 16.3 Å². The van der Waals surface area contributed by atoms with Crippen molar-refractivity contribution in [2.24, 2.45) is 4.99 Å². The van der Waals surface area contributed by atoms with Gasteiger partial charge in [0, 0.05) is 28.9 Å². The molecule has 0 bridgehead atoms. The number of rotatable bonds is 8. The first-order valence-corrected chi connectivity index (χ1v) is 14.6. The van der Waals surface area contributed by atoms with Gasteiger partial charge in [-0.3, -0.25) is 14.6 Å². The molecule has 0 saturated carbocycles. The van der Waals surface area contributed by atoms with Crippen LogP contribution in [-0.4, -0.2) is 52.9 Å². The van der Waals surface area contributed by atoms with Gasteiger partial charge in [0.15, 0.2) is 12.4 Å². The summed E-state index contributed by atoms with van der Waals surface area (Å²) in [5, 5.41) is 7.38. The van der Waals surface area contributed by atoms with E-state index in [4.69, 9.17) is 19.4 Å². The topological polar surface area (TPSA) is 115 Å². The molecule has 1 saturated heterocycles. The van der Waals surface area contributed by atoms with Crippen molar-refractivity contribution in [2.45, 2.75) is 58.0 Å². The molecule has 1 aromatic heterocycles. The summed E-state index contributed by atoms with van der Waals surface area (Å²) in [7, 11) is 0. The van der Waals surface area contributed by atoms with Crippen LogP contribution in [0.15, 0.2) is 71.7 Å². The fraction of sp³-hybridized carbons (Fsp3) is 0.303. The molecular weight excluding hydrogens is 541 g/mol. The zero-order valence-corrected chi connectivity index (χ0v) is 24.6. The number of nitrogens with one attached hydrogen (secondary N) is 2. The van der Waals surface area contributed by atoms with Crippen molar-refractivity contribution in [3.63, 3.8) is 0 Å². The summed E-state index contributed by atoms with van der Waals surface area (Å²) >= 11 is 0. The van der Waals surface area contributed by atoms with Crippen molar-refractivity contribution in [2.75, 3.05) is 11.9 Å². The van der Waals surface area contributed by atoms with E-state index in [1.165, 1.54) is 5.56 Å². The van der Waals surface area contributed by atoms with Crippen LogP contribution in [-0.2, 0) is 16.1 Å². The van der Waals surface area contributed by atoms with Crippen molar-refractivity contribution < 1.29 is 19.1 Å². The third-order valence-electron chi connectivity index (χ3n) is 7.50. The second-order valence-electron chi connectivity index (χ2n) is 12.0. The summed E-state index contributed by atoms with van der Waals surface area (Å²) in [5.74, 6) is 1.34. The number of carbonyl (C=O) groups is 2. The Bertz CT molecular complexity index is 1720. The highest BCUT2D eigenvalue weighted by atomic mass is 16.5. The minimum Gasteiger partial charge on any atom is -0.484 e. The Morgan fingerprint density at radius 1 is 1.02 bits per heavy atom. The molecule has 10 heteroatoms. The predicted octanol–water partition coefficient (Wildman–Crippen LogP) is 6.25. The molecule has 1 unspecified atom stereocenters. The molecule has 2 aliphatic heterocycles. The van der Waals surface area contributed by atoms with Crippen molar-refractivity contribution >= 4 is 47.1 Å². The van der Waals surface area contributed by atoms with Gasteiger partial charge in [-0.15, -0.1) is 0 Å². The van der Waals surface area contributed by atoms with Crippen LogP contribution in [0.5, 0.6) is 5.75 Å². The number of nitrogens with zero attached hydrogens (tertiary/aromatic N) is 3. The third-order valence-corrected chi connectivity index (χ3v) is 7.50. The SMILES string of the molecule is CC(C)(C)OC(=O)B1CCC(NC(=O)COc2cccc(-c3nc(Nc4ccc5c(c4)C=NC5)c4ccccc4n3)c2)C1. The number of fused-ring (bicyclic) bond motifs is 2. The lowest BCUT2D eigenvalue weighted by Gasteiger charge is -2.21. The van der Waals surface area contributed by atoms with Crippen LogP contribution >= 0.6 is 0 Å². The van der Waals surface area contributed by atoms with Gasteiger partial charge in [-0.2, -0.15) is 0 Å². The Morgan fingerprint density at radius 2 is 1.88 bits per heavy atom. The summed E-state index contributed by atoms with van der Waals surface area (Å²) in [5.41, 5.74) is 4.29. The summed E-state index contributed by atoms with van der Waals surface area (Å²) in [6.07, 6.45) is 3.90. The smallest absolute Gasteiger partial charge is 0.280 e. The molecule has 1 amide bonds. The van der Waals surface area contributed by atoms with E-state index in [1.807, 2.05) is 75.5 Å². The molecule has 218 valence electrons. The Balaban J connectivity index is 1.12. The highest BCUT2D eigenvalue weighted by Crippen LogP contribution is 2.30. The molecule has 4 aromatic rings. The number of amides is 1. The van der Waals surface area contributed by atoms with E-state index < -0.39 is 5.60 Å². The van der Waals surface area contributed by atoms with Gasteiger partial charge < -0.3 is 20.1 Å². The van der Waals surface area contributed by atoms with E-state index in [0.29, 0.717) is 36.6 Å². The van der Waals surface area contributed by atoms with Crippen LogP contribution < -0.4 is 15.4 Å². The number of aliphatic imine (C=N–C) groups is 1. The van der Waals surface area contributed by atoms with Crippen LogP contribution in [0, 0.1) is 0 Å². The zero-order valence-electron chi connectivity index (χ0n) is 24.6. The molecule has 9 nitrogen and oxygen atoms in total. The average molecular weight is 575 g/mol. The van der Waals surface area contributed by atoms with Crippen LogP contribution in [0.2, 0.25) is 12.6 Å². The van der Waals surface area contributed by atoms with Gasteiger partial charge in [0.2, 0.25) is 0 Å². The van der Waals surface area contributed by atoms with E-state index in [2.05, 4.69) is 27.8 Å². The van der Waals surface area contributed by atoms with Gasteiger partial charge in [-0.05, 0) is 81.0 Å². The molecule has 0 radical (unpaired) electrons. The molecule has 1 fully saturated rings. The van der Waals surface area contributed by atoms with Crippen LogP contribution in [0.25, 0.3) is 22.3 Å². The highest BCUT2D eigenvalue weighted by molar-refractivity contribution is 6.89. The number of aromatic nitrogens is 2. The van der Waals surface area contributed by atoms with E-state index in [1.54, 1.807) is 6.07 Å². The highest BCUT2D eigenvalue weighted by Gasteiger charge is 2.37. The molecule has 2 aliphatic rings. The summed E-state index contributed by atoms with van der Waals surface area (Å²) in [4.78, 5) is 39.1. The van der Waals surface area contributed by atoms with Gasteiger partial charge in [0.1, 0.15) is 17.2 Å². The van der Waals surface area contributed by atoms with E-state index in [9.17, 15) is 9.59 Å². The number of benzene rings is 3. The number of ether oxygens (including phenoxy) is 2.